The van der Waals surface area contributed by atoms with Crippen molar-refractivity contribution in [1.29, 1.82) is 0 Å². The fraction of sp³-hybridized carbons (Fsp3) is 0.562. The van der Waals surface area contributed by atoms with Crippen LogP contribution in [-0.2, 0) is 13.2 Å². The van der Waals surface area contributed by atoms with E-state index in [1.165, 1.54) is 12.8 Å². The third-order valence-corrected chi connectivity index (χ3v) is 4.36. The SMILES string of the molecule is COc1ccc(CN[C@H]2CCCC[C@H]2n2cc(CO)nn2)cn1. The lowest BCUT2D eigenvalue weighted by atomic mass is 9.90. The minimum Gasteiger partial charge on any atom is -0.481 e. The summed E-state index contributed by atoms with van der Waals surface area (Å²) in [4.78, 5) is 4.23. The van der Waals surface area contributed by atoms with Gasteiger partial charge >= 0.3 is 0 Å². The lowest BCUT2D eigenvalue weighted by molar-refractivity contribution is 0.242. The van der Waals surface area contributed by atoms with E-state index in [0.29, 0.717) is 17.6 Å². The first-order valence-electron chi connectivity index (χ1n) is 8.04. The van der Waals surface area contributed by atoms with Crippen LogP contribution >= 0.6 is 0 Å². The van der Waals surface area contributed by atoms with E-state index in [0.717, 1.165) is 24.9 Å². The Morgan fingerprint density at radius 2 is 2.22 bits per heavy atom. The van der Waals surface area contributed by atoms with Crippen molar-refractivity contribution in [2.24, 2.45) is 0 Å². The van der Waals surface area contributed by atoms with Crippen molar-refractivity contribution in [2.45, 2.75) is 50.9 Å². The molecule has 0 amide bonds. The van der Waals surface area contributed by atoms with Crippen LogP contribution in [0.25, 0.3) is 0 Å². The molecule has 7 nitrogen and oxygen atoms in total. The van der Waals surface area contributed by atoms with E-state index in [4.69, 9.17) is 9.84 Å². The van der Waals surface area contributed by atoms with Crippen molar-refractivity contribution in [3.05, 3.63) is 35.8 Å². The first-order valence-corrected chi connectivity index (χ1v) is 8.04. The molecule has 23 heavy (non-hydrogen) atoms. The van der Waals surface area contributed by atoms with Crippen LogP contribution in [0.3, 0.4) is 0 Å². The number of nitrogens with zero attached hydrogens (tertiary/aromatic N) is 4. The molecule has 124 valence electrons. The molecule has 2 N–H and O–H groups in total. The van der Waals surface area contributed by atoms with Crippen molar-refractivity contribution >= 4 is 0 Å². The molecule has 2 aromatic heterocycles. The van der Waals surface area contributed by atoms with Crippen LogP contribution in [0.4, 0.5) is 0 Å². The number of ether oxygens (including phenoxy) is 1. The summed E-state index contributed by atoms with van der Waals surface area (Å²) in [6, 6.07) is 4.53. The van der Waals surface area contributed by atoms with E-state index in [1.54, 1.807) is 7.11 Å². The quantitative estimate of drug-likeness (QED) is 0.839. The van der Waals surface area contributed by atoms with Crippen LogP contribution in [0.5, 0.6) is 5.88 Å². The Bertz CT molecular complexity index is 613. The Labute approximate surface area is 135 Å². The van der Waals surface area contributed by atoms with Crippen molar-refractivity contribution in [3.8, 4) is 5.88 Å². The molecule has 2 aromatic rings. The van der Waals surface area contributed by atoms with E-state index in [2.05, 4.69) is 20.6 Å². The third kappa shape index (κ3) is 3.86. The van der Waals surface area contributed by atoms with E-state index in [-0.39, 0.29) is 12.6 Å². The van der Waals surface area contributed by atoms with Gasteiger partial charge in [0.25, 0.3) is 0 Å². The largest absolute Gasteiger partial charge is 0.481 e. The van der Waals surface area contributed by atoms with Gasteiger partial charge in [-0.2, -0.15) is 0 Å². The molecule has 0 aromatic carbocycles. The predicted octanol–water partition coefficient (Wildman–Crippen LogP) is 1.45. The second-order valence-corrected chi connectivity index (χ2v) is 5.90. The van der Waals surface area contributed by atoms with E-state index < -0.39 is 0 Å². The normalized spacial score (nSPS) is 21.3. The Morgan fingerprint density at radius 1 is 1.35 bits per heavy atom. The second-order valence-electron chi connectivity index (χ2n) is 5.90. The summed E-state index contributed by atoms with van der Waals surface area (Å²) in [5.41, 5.74) is 1.75. The number of hydrogen-bond donors (Lipinski definition) is 2. The Hall–Kier alpha value is -1.99. The molecule has 7 heteroatoms. The summed E-state index contributed by atoms with van der Waals surface area (Å²) in [7, 11) is 1.62. The van der Waals surface area contributed by atoms with Crippen molar-refractivity contribution in [2.75, 3.05) is 7.11 Å². The minimum absolute atomic E-state index is 0.0671. The van der Waals surface area contributed by atoms with Gasteiger partial charge in [-0.05, 0) is 18.4 Å². The first-order chi connectivity index (χ1) is 11.3. The molecule has 2 atom stereocenters. The zero-order valence-corrected chi connectivity index (χ0v) is 13.4. The summed E-state index contributed by atoms with van der Waals surface area (Å²) in [5.74, 6) is 0.628. The highest BCUT2D eigenvalue weighted by Crippen LogP contribution is 2.28. The Morgan fingerprint density at radius 3 is 2.91 bits per heavy atom. The number of pyridine rings is 1. The number of aromatic nitrogens is 4. The van der Waals surface area contributed by atoms with Gasteiger partial charge in [-0.1, -0.05) is 24.1 Å². The first kappa shape index (κ1) is 15.9. The second kappa shape index (κ2) is 7.52. The molecule has 2 heterocycles. The molecule has 1 saturated carbocycles. The summed E-state index contributed by atoms with van der Waals surface area (Å²) < 4.78 is 6.98. The van der Waals surface area contributed by atoms with Gasteiger partial charge in [-0.3, -0.25) is 0 Å². The Balaban J connectivity index is 1.63. The fourth-order valence-electron chi connectivity index (χ4n) is 3.10. The summed E-state index contributed by atoms with van der Waals surface area (Å²) in [5, 5.41) is 21.0. The average Bonchev–Trinajstić information content (AvgIpc) is 3.09. The van der Waals surface area contributed by atoms with Gasteiger partial charge in [0.15, 0.2) is 0 Å². The molecule has 0 radical (unpaired) electrons. The number of hydrogen-bond acceptors (Lipinski definition) is 6. The molecule has 0 bridgehead atoms. The third-order valence-electron chi connectivity index (χ3n) is 4.36. The zero-order chi connectivity index (χ0) is 16.1. The topological polar surface area (TPSA) is 85.1 Å². The van der Waals surface area contributed by atoms with Gasteiger partial charge in [0.2, 0.25) is 5.88 Å². The number of aliphatic hydroxyl groups excluding tert-OH is 1. The number of rotatable bonds is 6. The molecule has 1 aliphatic carbocycles. The minimum atomic E-state index is -0.0671. The highest BCUT2D eigenvalue weighted by molar-refractivity contribution is 5.17. The maximum Gasteiger partial charge on any atom is 0.212 e. The van der Waals surface area contributed by atoms with Gasteiger partial charge in [-0.15, -0.1) is 5.10 Å². The molecule has 0 unspecified atom stereocenters. The molecule has 1 fully saturated rings. The molecule has 1 aliphatic rings. The molecular weight excluding hydrogens is 294 g/mol. The van der Waals surface area contributed by atoms with Gasteiger partial charge < -0.3 is 15.2 Å². The molecular formula is C16H23N5O2. The number of nitrogens with one attached hydrogen (secondary N) is 1. The monoisotopic (exact) mass is 317 g/mol. The van der Waals surface area contributed by atoms with Gasteiger partial charge in [0, 0.05) is 24.8 Å². The standard InChI is InChI=1S/C16H23N5O2/c1-23-16-7-6-12(9-18-16)8-17-14-4-2-3-5-15(14)21-10-13(11-22)19-20-21/h6-7,9-10,14-15,17,22H,2-5,8,11H2,1H3/t14-,15+/m0/s1. The molecule has 3 rings (SSSR count). The van der Waals surface area contributed by atoms with E-state index in [9.17, 15) is 0 Å². The fourth-order valence-corrected chi connectivity index (χ4v) is 3.10. The highest BCUT2D eigenvalue weighted by atomic mass is 16.5. The lowest BCUT2D eigenvalue weighted by Crippen LogP contribution is -2.39. The lowest BCUT2D eigenvalue weighted by Gasteiger charge is -2.32. The molecule has 0 saturated heterocycles. The smallest absolute Gasteiger partial charge is 0.212 e. The van der Waals surface area contributed by atoms with Crippen LogP contribution in [0.1, 0.15) is 43.0 Å². The van der Waals surface area contributed by atoms with Gasteiger partial charge in [0.05, 0.1) is 26.0 Å². The van der Waals surface area contributed by atoms with E-state index >= 15 is 0 Å². The maximum atomic E-state index is 9.16. The zero-order valence-electron chi connectivity index (χ0n) is 13.4. The van der Waals surface area contributed by atoms with Gasteiger partial charge in [-0.25, -0.2) is 9.67 Å². The van der Waals surface area contributed by atoms with Crippen LogP contribution in [-0.4, -0.2) is 38.2 Å². The van der Waals surface area contributed by atoms with Crippen molar-refractivity contribution < 1.29 is 9.84 Å². The summed E-state index contributed by atoms with van der Waals surface area (Å²) in [6.45, 7) is 0.696. The van der Waals surface area contributed by atoms with Crippen LogP contribution in [0.2, 0.25) is 0 Å². The van der Waals surface area contributed by atoms with Crippen molar-refractivity contribution in [1.82, 2.24) is 25.3 Å². The van der Waals surface area contributed by atoms with Gasteiger partial charge in [0.1, 0.15) is 5.69 Å². The van der Waals surface area contributed by atoms with E-state index in [1.807, 2.05) is 29.2 Å². The maximum absolute atomic E-state index is 9.16. The number of methoxy groups -OCH3 is 1. The Kier molecular flexibility index (Phi) is 5.19. The number of aliphatic hydroxyl groups is 1. The average molecular weight is 317 g/mol. The summed E-state index contributed by atoms with van der Waals surface area (Å²) in [6.07, 6.45) is 8.29. The van der Waals surface area contributed by atoms with Crippen LogP contribution in [0.15, 0.2) is 24.5 Å². The molecule has 0 aliphatic heterocycles. The summed E-state index contributed by atoms with van der Waals surface area (Å²) >= 11 is 0. The highest BCUT2D eigenvalue weighted by Gasteiger charge is 2.27. The van der Waals surface area contributed by atoms with Crippen molar-refractivity contribution in [3.63, 3.8) is 0 Å². The predicted molar refractivity (Wildman–Crippen MR) is 84.9 cm³/mol. The van der Waals surface area contributed by atoms with Crippen LogP contribution in [0, 0.1) is 0 Å². The molecule has 0 spiro atoms. The van der Waals surface area contributed by atoms with Crippen LogP contribution < -0.4 is 10.1 Å².